The monoisotopic (exact) mass is 441 g/mol. The number of aromatic nitrogens is 3. The third kappa shape index (κ3) is 5.53. The Morgan fingerprint density at radius 2 is 1.42 bits per heavy atom. The quantitative estimate of drug-likeness (QED) is 0.317. The van der Waals surface area contributed by atoms with Gasteiger partial charge in [0.05, 0.1) is 11.3 Å². The fourth-order valence-corrected chi connectivity index (χ4v) is 3.03. The minimum Gasteiger partial charge on any atom is -0.438 e. The minimum atomic E-state index is -0.336. The molecule has 0 saturated heterocycles. The van der Waals surface area contributed by atoms with E-state index in [9.17, 15) is 4.79 Å². The zero-order chi connectivity index (χ0) is 23.0. The van der Waals surface area contributed by atoms with Crippen molar-refractivity contribution in [3.8, 4) is 22.9 Å². The van der Waals surface area contributed by atoms with Gasteiger partial charge in [-0.2, -0.15) is 0 Å². The predicted octanol–water partition coefficient (Wildman–Crippen LogP) is 5.06. The van der Waals surface area contributed by atoms with Gasteiger partial charge >= 0.3 is 6.03 Å². The molecule has 33 heavy (non-hydrogen) atoms. The molecule has 0 aliphatic carbocycles. The normalized spacial score (nSPS) is 10.2. The van der Waals surface area contributed by atoms with E-state index in [1.54, 1.807) is 49.8 Å². The number of benzene rings is 2. The molecule has 2 aromatic heterocycles. The van der Waals surface area contributed by atoms with Crippen molar-refractivity contribution >= 4 is 29.0 Å². The number of anilines is 4. The Kier molecular flexibility index (Phi) is 6.60. The average molecular weight is 441 g/mol. The lowest BCUT2D eigenvalue weighted by molar-refractivity contribution is 0.262. The maximum absolute atomic E-state index is 12.3. The summed E-state index contributed by atoms with van der Waals surface area (Å²) in [4.78, 5) is 25.2. The summed E-state index contributed by atoms with van der Waals surface area (Å²) in [6, 6.07) is 19.6. The Hall–Kier alpha value is -4.66. The highest BCUT2D eigenvalue weighted by Crippen LogP contribution is 2.31. The van der Waals surface area contributed by atoms with Gasteiger partial charge in [0.2, 0.25) is 11.8 Å². The summed E-state index contributed by atoms with van der Waals surface area (Å²) in [5.41, 5.74) is 3.72. The molecule has 2 amide bonds. The van der Waals surface area contributed by atoms with Crippen molar-refractivity contribution in [2.75, 3.05) is 35.4 Å². The van der Waals surface area contributed by atoms with E-state index in [4.69, 9.17) is 4.74 Å². The maximum atomic E-state index is 12.3. The molecule has 2 heterocycles. The number of rotatable bonds is 7. The molecule has 9 nitrogen and oxygen atoms in total. The van der Waals surface area contributed by atoms with E-state index < -0.39 is 0 Å². The van der Waals surface area contributed by atoms with Crippen LogP contribution in [0.4, 0.5) is 27.8 Å². The van der Waals surface area contributed by atoms with Crippen LogP contribution in [0.3, 0.4) is 0 Å². The van der Waals surface area contributed by atoms with E-state index in [-0.39, 0.29) is 6.03 Å². The first-order valence-corrected chi connectivity index (χ1v) is 10.2. The van der Waals surface area contributed by atoms with Crippen molar-refractivity contribution in [2.45, 2.75) is 0 Å². The summed E-state index contributed by atoms with van der Waals surface area (Å²) >= 11 is 0. The summed E-state index contributed by atoms with van der Waals surface area (Å²) in [7, 11) is 3.60. The van der Waals surface area contributed by atoms with Gasteiger partial charge in [-0.15, -0.1) is 0 Å². The Balaban J connectivity index is 1.42. The van der Waals surface area contributed by atoms with Gasteiger partial charge in [-0.1, -0.05) is 0 Å². The summed E-state index contributed by atoms with van der Waals surface area (Å²) in [5, 5.41) is 11.6. The fraction of sp³-hybridized carbons (Fsp3) is 0.0833. The molecule has 0 bridgehead atoms. The van der Waals surface area contributed by atoms with E-state index in [1.165, 1.54) is 0 Å². The van der Waals surface area contributed by atoms with Crippen LogP contribution in [0, 0.1) is 0 Å². The largest absolute Gasteiger partial charge is 0.438 e. The number of carbonyl (C=O) groups is 1. The molecule has 0 saturated carbocycles. The van der Waals surface area contributed by atoms with Crippen molar-refractivity contribution in [3.05, 3.63) is 79.1 Å². The van der Waals surface area contributed by atoms with Crippen LogP contribution in [-0.2, 0) is 0 Å². The fourth-order valence-electron chi connectivity index (χ4n) is 3.03. The van der Waals surface area contributed by atoms with Crippen molar-refractivity contribution in [3.63, 3.8) is 0 Å². The minimum absolute atomic E-state index is 0.336. The number of nitrogens with zero attached hydrogens (tertiary/aromatic N) is 3. The molecule has 0 fully saturated rings. The summed E-state index contributed by atoms with van der Waals surface area (Å²) in [6.07, 6.45) is 3.33. The lowest BCUT2D eigenvalue weighted by Crippen LogP contribution is -2.19. The Morgan fingerprint density at radius 1 is 0.758 bits per heavy atom. The molecule has 2 aromatic carbocycles. The molecule has 0 unspecified atom stereocenters. The summed E-state index contributed by atoms with van der Waals surface area (Å²) in [5.74, 6) is 1.50. The van der Waals surface area contributed by atoms with Gasteiger partial charge in [0.15, 0.2) is 0 Å². The smallest absolute Gasteiger partial charge is 0.323 e. The van der Waals surface area contributed by atoms with Gasteiger partial charge in [-0.3, -0.25) is 0 Å². The van der Waals surface area contributed by atoms with Crippen molar-refractivity contribution < 1.29 is 9.53 Å². The number of ether oxygens (including phenoxy) is 1. The van der Waals surface area contributed by atoms with Crippen molar-refractivity contribution in [1.29, 1.82) is 0 Å². The first kappa shape index (κ1) is 21.6. The molecule has 166 valence electrons. The van der Waals surface area contributed by atoms with Gasteiger partial charge in [-0.25, -0.2) is 19.7 Å². The second-order valence-corrected chi connectivity index (χ2v) is 6.90. The van der Waals surface area contributed by atoms with Crippen LogP contribution in [0.5, 0.6) is 11.6 Å². The standard InChI is InChI=1S/C24H23N7O2/c1-25-16-5-7-17(8-6-16)29-24(32)30-18-9-11-19(12-10-18)33-22-20(4-3-14-27-22)21-13-15-28-23(26-2)31-21/h3-15,25H,1-2H3,(H,26,28,31)(H2,29,30,32). The molecule has 0 atom stereocenters. The molecule has 4 rings (SSSR count). The molecule has 0 spiro atoms. The van der Waals surface area contributed by atoms with Gasteiger partial charge in [0, 0.05) is 43.6 Å². The van der Waals surface area contributed by atoms with Gasteiger partial charge in [-0.05, 0) is 66.7 Å². The molecule has 4 N–H and O–H groups in total. The third-order valence-corrected chi connectivity index (χ3v) is 4.68. The molecule has 0 aliphatic heterocycles. The zero-order valence-corrected chi connectivity index (χ0v) is 18.2. The molecular weight excluding hydrogens is 418 g/mol. The number of hydrogen-bond donors (Lipinski definition) is 4. The van der Waals surface area contributed by atoms with Crippen LogP contribution in [0.25, 0.3) is 11.3 Å². The van der Waals surface area contributed by atoms with E-state index in [0.717, 1.165) is 11.3 Å². The molecule has 0 radical (unpaired) electrons. The van der Waals surface area contributed by atoms with Gasteiger partial charge < -0.3 is 26.0 Å². The van der Waals surface area contributed by atoms with Crippen molar-refractivity contribution in [2.24, 2.45) is 0 Å². The van der Waals surface area contributed by atoms with Gasteiger partial charge in [0.25, 0.3) is 0 Å². The molecule has 9 heteroatoms. The van der Waals surface area contributed by atoms with E-state index in [2.05, 4.69) is 36.2 Å². The Morgan fingerprint density at radius 3 is 2.09 bits per heavy atom. The van der Waals surface area contributed by atoms with Crippen molar-refractivity contribution in [1.82, 2.24) is 15.0 Å². The van der Waals surface area contributed by atoms with Gasteiger partial charge in [0.1, 0.15) is 5.75 Å². The van der Waals surface area contributed by atoms with Crippen LogP contribution >= 0.6 is 0 Å². The average Bonchev–Trinajstić information content (AvgIpc) is 2.86. The van der Waals surface area contributed by atoms with Crippen LogP contribution in [0.2, 0.25) is 0 Å². The van der Waals surface area contributed by atoms with Crippen LogP contribution in [-0.4, -0.2) is 35.1 Å². The van der Waals surface area contributed by atoms with E-state index in [1.807, 2.05) is 43.4 Å². The van der Waals surface area contributed by atoms with Crippen LogP contribution in [0.15, 0.2) is 79.1 Å². The van der Waals surface area contributed by atoms with Crippen LogP contribution < -0.4 is 26.0 Å². The predicted molar refractivity (Wildman–Crippen MR) is 130 cm³/mol. The SMILES string of the molecule is CNc1ccc(NC(=O)Nc2ccc(Oc3ncccc3-c3ccnc(NC)n3)cc2)cc1. The number of pyridine rings is 1. The first-order chi connectivity index (χ1) is 16.1. The first-order valence-electron chi connectivity index (χ1n) is 10.2. The molecule has 0 aliphatic rings. The van der Waals surface area contributed by atoms with E-state index >= 15 is 0 Å². The topological polar surface area (TPSA) is 113 Å². The highest BCUT2D eigenvalue weighted by Gasteiger charge is 2.11. The number of urea groups is 1. The number of nitrogens with one attached hydrogen (secondary N) is 4. The molecule has 4 aromatic rings. The summed E-state index contributed by atoms with van der Waals surface area (Å²) < 4.78 is 5.99. The highest BCUT2D eigenvalue weighted by molar-refractivity contribution is 5.99. The number of hydrogen-bond acceptors (Lipinski definition) is 7. The summed E-state index contributed by atoms with van der Waals surface area (Å²) in [6.45, 7) is 0. The molecular formula is C24H23N7O2. The highest BCUT2D eigenvalue weighted by atomic mass is 16.5. The second kappa shape index (κ2) is 10.1. The van der Waals surface area contributed by atoms with E-state index in [0.29, 0.717) is 34.6 Å². The zero-order valence-electron chi connectivity index (χ0n) is 18.2. The number of amides is 2. The lowest BCUT2D eigenvalue weighted by Gasteiger charge is -2.11. The third-order valence-electron chi connectivity index (χ3n) is 4.68. The Bertz CT molecular complexity index is 1230. The maximum Gasteiger partial charge on any atom is 0.323 e. The Labute approximate surface area is 191 Å². The second-order valence-electron chi connectivity index (χ2n) is 6.90. The lowest BCUT2D eigenvalue weighted by atomic mass is 10.2. The van der Waals surface area contributed by atoms with Crippen LogP contribution in [0.1, 0.15) is 0 Å². The number of carbonyl (C=O) groups excluding carboxylic acids is 1.